The lowest BCUT2D eigenvalue weighted by Gasteiger charge is -2.71. The van der Waals surface area contributed by atoms with E-state index < -0.39 is 16.9 Å². The molecular formula is C35H51NO3. The van der Waals surface area contributed by atoms with Gasteiger partial charge in [0.2, 0.25) is 5.78 Å². The predicted octanol–water partition coefficient (Wildman–Crippen LogP) is 8.37. The number of ether oxygens (including phenoxy) is 1. The summed E-state index contributed by atoms with van der Waals surface area (Å²) in [4.78, 5) is 31.0. The van der Waals surface area contributed by atoms with Crippen molar-refractivity contribution < 1.29 is 14.3 Å². The van der Waals surface area contributed by atoms with Crippen molar-refractivity contribution in [2.24, 2.45) is 50.2 Å². The standard InChI is InChI=1S/C35H51NO3/c1-11-12-22-19-26-32(6)21-24(36-9)28(37)31(4,5)25(32)13-14-33(26,7)34(8)16-18-35(29(38)39-10)17-15-30(2,3)20-23(35)27(22)34/h11-12,23-26H,13-21H2,1-8,10H3/b12-11+/t23-,24?,25-,26?,32-,33+,34+,35-/m0/s1. The number of methoxy groups -OCH3 is 1. The first-order valence-corrected chi connectivity index (χ1v) is 15.4. The van der Waals surface area contributed by atoms with Crippen LogP contribution in [0.1, 0.15) is 113 Å². The number of nitrogens with zero attached hydrogens (tertiary/aromatic N) is 1. The molecule has 0 bridgehead atoms. The molecule has 4 fully saturated rings. The van der Waals surface area contributed by atoms with Gasteiger partial charge in [-0.1, -0.05) is 66.2 Å². The Hall–Kier alpha value is -1.89. The zero-order valence-electron chi connectivity index (χ0n) is 26.0. The molecule has 0 aliphatic heterocycles. The van der Waals surface area contributed by atoms with E-state index in [0.29, 0.717) is 12.3 Å². The summed E-state index contributed by atoms with van der Waals surface area (Å²) in [5.41, 5.74) is 2.18. The fraction of sp³-hybridized carbons (Fsp3) is 0.800. The topological polar surface area (TPSA) is 47.7 Å². The van der Waals surface area contributed by atoms with Crippen LogP contribution >= 0.6 is 0 Å². The Labute approximate surface area is 237 Å². The summed E-state index contributed by atoms with van der Waals surface area (Å²) in [6.45, 7) is 26.5. The first-order valence-electron chi connectivity index (χ1n) is 15.4. The van der Waals surface area contributed by atoms with Crippen molar-refractivity contribution in [2.75, 3.05) is 7.11 Å². The van der Waals surface area contributed by atoms with Crippen LogP contribution in [0.5, 0.6) is 0 Å². The monoisotopic (exact) mass is 533 g/mol. The third kappa shape index (κ3) is 3.59. The number of esters is 1. The molecule has 5 aliphatic rings. The van der Waals surface area contributed by atoms with E-state index in [1.807, 2.05) is 0 Å². The number of ketones is 1. The third-order valence-electron chi connectivity index (χ3n) is 13.6. The minimum Gasteiger partial charge on any atom is -0.469 e. The van der Waals surface area contributed by atoms with E-state index in [2.05, 4.69) is 72.4 Å². The molecule has 5 rings (SSSR count). The van der Waals surface area contributed by atoms with Crippen molar-refractivity contribution in [3.8, 4) is 0 Å². The molecule has 0 heterocycles. The lowest BCUT2D eigenvalue weighted by atomic mass is 9.32. The van der Waals surface area contributed by atoms with Gasteiger partial charge >= 0.3 is 5.97 Å². The molecule has 4 saturated carbocycles. The molecule has 5 aliphatic carbocycles. The SMILES string of the molecule is [C-]#[N+]C1C[C@]2(C)C3CC(/C=C/C)=C4[C@@H]5CC(C)(C)CC[C@]5(C(=O)OC)CC[C@@]4(C)[C@]3(C)CC[C@H]2C(C)(C)C1=O. The molecule has 0 aromatic carbocycles. The van der Waals surface area contributed by atoms with E-state index in [1.54, 1.807) is 12.7 Å². The van der Waals surface area contributed by atoms with Gasteiger partial charge in [-0.3, -0.25) is 9.59 Å². The molecule has 4 nitrogen and oxygen atoms in total. The van der Waals surface area contributed by atoms with E-state index in [4.69, 9.17) is 11.3 Å². The zero-order valence-corrected chi connectivity index (χ0v) is 26.0. The van der Waals surface area contributed by atoms with Crippen molar-refractivity contribution in [1.82, 2.24) is 0 Å². The van der Waals surface area contributed by atoms with Crippen LogP contribution in [-0.4, -0.2) is 24.9 Å². The number of hydrogen-bond acceptors (Lipinski definition) is 3. The highest BCUT2D eigenvalue weighted by Gasteiger charge is 2.71. The minimum absolute atomic E-state index is 0.00670. The average molecular weight is 534 g/mol. The summed E-state index contributed by atoms with van der Waals surface area (Å²) >= 11 is 0. The van der Waals surface area contributed by atoms with Crippen LogP contribution in [0.2, 0.25) is 0 Å². The largest absolute Gasteiger partial charge is 0.469 e. The molecule has 0 radical (unpaired) electrons. The smallest absolute Gasteiger partial charge is 0.312 e. The van der Waals surface area contributed by atoms with Gasteiger partial charge < -0.3 is 9.58 Å². The number of Topliss-reactive ketones (excluding diaryl/α,β-unsaturated/α-hetero) is 1. The van der Waals surface area contributed by atoms with Gasteiger partial charge in [0.05, 0.1) is 12.5 Å². The van der Waals surface area contributed by atoms with E-state index in [-0.39, 0.29) is 45.2 Å². The molecule has 8 atom stereocenters. The maximum absolute atomic E-state index is 13.6. The van der Waals surface area contributed by atoms with Gasteiger partial charge in [-0.2, -0.15) is 0 Å². The van der Waals surface area contributed by atoms with Gasteiger partial charge in [0.25, 0.3) is 6.04 Å². The second kappa shape index (κ2) is 8.80. The van der Waals surface area contributed by atoms with Gasteiger partial charge in [-0.05, 0) is 103 Å². The van der Waals surface area contributed by atoms with Crippen molar-refractivity contribution >= 4 is 11.8 Å². The van der Waals surface area contributed by atoms with Gasteiger partial charge in [-0.25, -0.2) is 6.57 Å². The van der Waals surface area contributed by atoms with Crippen LogP contribution < -0.4 is 0 Å². The second-order valence-corrected chi connectivity index (χ2v) is 16.0. The highest BCUT2D eigenvalue weighted by molar-refractivity contribution is 5.92. The average Bonchev–Trinajstić information content (AvgIpc) is 2.86. The fourth-order valence-corrected chi connectivity index (χ4v) is 11.4. The van der Waals surface area contributed by atoms with Crippen molar-refractivity contribution in [2.45, 2.75) is 119 Å². The summed E-state index contributed by atoms with van der Waals surface area (Å²) in [5, 5.41) is 0. The van der Waals surface area contributed by atoms with Crippen LogP contribution in [0.25, 0.3) is 4.85 Å². The van der Waals surface area contributed by atoms with Gasteiger partial charge in [-0.15, -0.1) is 0 Å². The van der Waals surface area contributed by atoms with Gasteiger partial charge in [0.1, 0.15) is 0 Å². The van der Waals surface area contributed by atoms with E-state index in [0.717, 1.165) is 51.4 Å². The van der Waals surface area contributed by atoms with Gasteiger partial charge in [0.15, 0.2) is 0 Å². The molecule has 2 unspecified atom stereocenters. The number of rotatable bonds is 2. The number of hydrogen-bond donors (Lipinski definition) is 0. The third-order valence-corrected chi connectivity index (χ3v) is 13.6. The number of allylic oxidation sites excluding steroid dienone is 4. The van der Waals surface area contributed by atoms with Crippen molar-refractivity contribution in [3.05, 3.63) is 34.7 Å². The quantitative estimate of drug-likeness (QED) is 0.265. The highest BCUT2D eigenvalue weighted by Crippen LogP contribution is 2.76. The maximum atomic E-state index is 13.6. The minimum atomic E-state index is -0.538. The van der Waals surface area contributed by atoms with Crippen LogP contribution in [0, 0.1) is 56.8 Å². The molecule has 0 saturated heterocycles. The molecular weight excluding hydrogens is 482 g/mol. The van der Waals surface area contributed by atoms with Crippen molar-refractivity contribution in [3.63, 3.8) is 0 Å². The number of fused-ring (bicyclic) bond motifs is 7. The van der Waals surface area contributed by atoms with Crippen molar-refractivity contribution in [1.29, 1.82) is 0 Å². The summed E-state index contributed by atoms with van der Waals surface area (Å²) in [7, 11) is 1.57. The summed E-state index contributed by atoms with van der Waals surface area (Å²) in [6, 6.07) is -0.538. The number of carbonyl (C=O) groups excluding carboxylic acids is 2. The lowest BCUT2D eigenvalue weighted by Crippen LogP contribution is -2.66. The molecule has 0 N–H and O–H groups in total. The van der Waals surface area contributed by atoms with E-state index >= 15 is 0 Å². The molecule has 0 amide bonds. The Morgan fingerprint density at radius 2 is 1.64 bits per heavy atom. The molecule has 39 heavy (non-hydrogen) atoms. The highest BCUT2D eigenvalue weighted by atomic mass is 16.5. The van der Waals surface area contributed by atoms with Crippen LogP contribution in [0.4, 0.5) is 0 Å². The molecule has 0 spiro atoms. The Balaban J connectivity index is 1.72. The summed E-state index contributed by atoms with van der Waals surface area (Å²) in [6.07, 6.45) is 13.2. The van der Waals surface area contributed by atoms with E-state index in [9.17, 15) is 9.59 Å². The van der Waals surface area contributed by atoms with E-state index in [1.165, 1.54) is 5.57 Å². The summed E-state index contributed by atoms with van der Waals surface area (Å²) in [5.74, 6) is 1.02. The first kappa shape index (κ1) is 28.6. The van der Waals surface area contributed by atoms with Gasteiger partial charge in [0, 0.05) is 11.8 Å². The Bertz CT molecular complexity index is 1180. The Morgan fingerprint density at radius 1 is 0.974 bits per heavy atom. The molecule has 4 heteroatoms. The molecule has 0 aromatic rings. The summed E-state index contributed by atoms with van der Waals surface area (Å²) < 4.78 is 5.56. The first-order chi connectivity index (χ1) is 18.1. The van der Waals surface area contributed by atoms with Crippen LogP contribution in [-0.2, 0) is 14.3 Å². The fourth-order valence-electron chi connectivity index (χ4n) is 11.4. The normalized spacial score (nSPS) is 46.4. The maximum Gasteiger partial charge on any atom is 0.312 e. The molecule has 0 aromatic heterocycles. The number of carbonyl (C=O) groups is 2. The zero-order chi connectivity index (χ0) is 28.8. The Kier molecular flexibility index (Phi) is 6.46. The second-order valence-electron chi connectivity index (χ2n) is 16.0. The predicted molar refractivity (Wildman–Crippen MR) is 156 cm³/mol. The molecule has 214 valence electrons. The Morgan fingerprint density at radius 3 is 2.26 bits per heavy atom. The van der Waals surface area contributed by atoms with Crippen LogP contribution in [0.15, 0.2) is 23.3 Å². The lowest BCUT2D eigenvalue weighted by molar-refractivity contribution is -0.191. The van der Waals surface area contributed by atoms with Crippen LogP contribution in [0.3, 0.4) is 0 Å².